The zero-order valence-corrected chi connectivity index (χ0v) is 12.6. The number of carboxylic acids is 1. The van der Waals surface area contributed by atoms with Crippen LogP contribution in [0.4, 0.5) is 5.69 Å². The maximum atomic E-state index is 11.1. The molecule has 1 fully saturated rings. The van der Waals surface area contributed by atoms with E-state index in [2.05, 4.69) is 0 Å². The van der Waals surface area contributed by atoms with Crippen molar-refractivity contribution in [1.82, 2.24) is 0 Å². The van der Waals surface area contributed by atoms with Gasteiger partial charge in [0.15, 0.2) is 0 Å². The average molecular weight is 309 g/mol. The molecule has 0 saturated carbocycles. The molecule has 1 N–H and O–H groups in total. The molecule has 0 bridgehead atoms. The SMILES string of the molecule is CC(C)(Cc1cc(C(=O)O)ccc1[N+](=O)[O-])C[C@@H]1COCO1. The maximum absolute atomic E-state index is 11.1. The summed E-state index contributed by atoms with van der Waals surface area (Å²) in [5.74, 6) is -1.10. The van der Waals surface area contributed by atoms with Crippen LogP contribution in [0.1, 0.15) is 36.2 Å². The number of nitro groups is 1. The monoisotopic (exact) mass is 309 g/mol. The summed E-state index contributed by atoms with van der Waals surface area (Å²) in [7, 11) is 0. The number of nitro benzene ring substituents is 1. The summed E-state index contributed by atoms with van der Waals surface area (Å²) in [6.07, 6.45) is 1.04. The summed E-state index contributed by atoms with van der Waals surface area (Å²) >= 11 is 0. The summed E-state index contributed by atoms with van der Waals surface area (Å²) in [5, 5.41) is 20.2. The number of carbonyl (C=O) groups is 1. The van der Waals surface area contributed by atoms with Crippen molar-refractivity contribution in [3.8, 4) is 0 Å². The second-order valence-electron chi connectivity index (χ2n) is 6.23. The van der Waals surface area contributed by atoms with Gasteiger partial charge in [-0.3, -0.25) is 10.1 Å². The van der Waals surface area contributed by atoms with Crippen LogP contribution in [0.2, 0.25) is 0 Å². The first-order valence-electron chi connectivity index (χ1n) is 6.98. The number of nitrogens with zero attached hydrogens (tertiary/aromatic N) is 1. The van der Waals surface area contributed by atoms with Crippen molar-refractivity contribution in [2.75, 3.05) is 13.4 Å². The minimum absolute atomic E-state index is 0.0308. The highest BCUT2D eigenvalue weighted by Gasteiger charge is 2.30. The fourth-order valence-electron chi connectivity index (χ4n) is 2.73. The Morgan fingerprint density at radius 3 is 2.77 bits per heavy atom. The van der Waals surface area contributed by atoms with Gasteiger partial charge >= 0.3 is 5.97 Å². The van der Waals surface area contributed by atoms with E-state index >= 15 is 0 Å². The number of ether oxygens (including phenoxy) is 2. The third-order valence-electron chi connectivity index (χ3n) is 3.66. The molecule has 1 heterocycles. The Morgan fingerprint density at radius 2 is 2.23 bits per heavy atom. The summed E-state index contributed by atoms with van der Waals surface area (Å²) in [6, 6.07) is 3.89. The molecule has 0 aliphatic carbocycles. The molecular formula is C15H19NO6. The van der Waals surface area contributed by atoms with Crippen LogP contribution in [0.5, 0.6) is 0 Å². The van der Waals surface area contributed by atoms with Crippen molar-refractivity contribution in [2.24, 2.45) is 5.41 Å². The Balaban J connectivity index is 2.23. The van der Waals surface area contributed by atoms with Gasteiger partial charge in [-0.1, -0.05) is 13.8 Å². The molecule has 2 rings (SSSR count). The lowest BCUT2D eigenvalue weighted by atomic mass is 9.80. The van der Waals surface area contributed by atoms with Gasteiger partial charge in [0, 0.05) is 11.6 Å². The molecule has 1 aliphatic rings. The van der Waals surface area contributed by atoms with E-state index in [0.29, 0.717) is 25.0 Å². The van der Waals surface area contributed by atoms with E-state index in [4.69, 9.17) is 14.6 Å². The predicted molar refractivity (Wildman–Crippen MR) is 77.8 cm³/mol. The Labute approximate surface area is 128 Å². The van der Waals surface area contributed by atoms with Crippen LogP contribution in [-0.4, -0.2) is 35.5 Å². The van der Waals surface area contributed by atoms with Crippen molar-refractivity contribution in [2.45, 2.75) is 32.8 Å². The molecule has 0 spiro atoms. The lowest BCUT2D eigenvalue weighted by Gasteiger charge is -2.27. The molecule has 0 unspecified atom stereocenters. The maximum Gasteiger partial charge on any atom is 0.335 e. The van der Waals surface area contributed by atoms with Gasteiger partial charge in [-0.2, -0.15) is 0 Å². The summed E-state index contributed by atoms with van der Waals surface area (Å²) in [5.41, 5.74) is 0.146. The van der Waals surface area contributed by atoms with Gasteiger partial charge in [0.2, 0.25) is 0 Å². The third kappa shape index (κ3) is 4.02. The molecule has 1 aromatic carbocycles. The van der Waals surface area contributed by atoms with Crippen molar-refractivity contribution >= 4 is 11.7 Å². The molecule has 7 nitrogen and oxygen atoms in total. The number of aromatic carboxylic acids is 1. The molecule has 7 heteroatoms. The second kappa shape index (κ2) is 6.41. The molecule has 0 radical (unpaired) electrons. The highest BCUT2D eigenvalue weighted by Crippen LogP contribution is 2.33. The van der Waals surface area contributed by atoms with Gasteiger partial charge in [-0.15, -0.1) is 0 Å². The first kappa shape index (κ1) is 16.4. The summed E-state index contributed by atoms with van der Waals surface area (Å²) < 4.78 is 10.6. The molecule has 120 valence electrons. The number of carboxylic acid groups (broad SMARTS) is 1. The van der Waals surface area contributed by atoms with Gasteiger partial charge in [0.05, 0.1) is 23.2 Å². The molecule has 0 amide bonds. The molecule has 1 aliphatic heterocycles. The highest BCUT2D eigenvalue weighted by molar-refractivity contribution is 5.88. The fraction of sp³-hybridized carbons (Fsp3) is 0.533. The smallest absolute Gasteiger partial charge is 0.335 e. The van der Waals surface area contributed by atoms with E-state index < -0.39 is 10.9 Å². The van der Waals surface area contributed by atoms with Crippen molar-refractivity contribution in [3.05, 3.63) is 39.4 Å². The molecule has 1 atom stereocenters. The first-order chi connectivity index (χ1) is 10.3. The van der Waals surface area contributed by atoms with Crippen LogP contribution in [0.3, 0.4) is 0 Å². The van der Waals surface area contributed by atoms with Gasteiger partial charge in [-0.25, -0.2) is 4.79 Å². The van der Waals surface area contributed by atoms with Crippen LogP contribution < -0.4 is 0 Å². The fourth-order valence-corrected chi connectivity index (χ4v) is 2.73. The standard InChI is InChI=1S/C15H19NO6/c1-15(2,7-12-8-21-9-22-12)6-11-5-10(14(17)18)3-4-13(11)16(19)20/h3-5,12H,6-9H2,1-2H3,(H,17,18)/t12-/m1/s1. The van der Waals surface area contributed by atoms with E-state index in [-0.39, 0.29) is 29.6 Å². The molecule has 1 saturated heterocycles. The Bertz CT molecular complexity index is 577. The molecule has 0 aromatic heterocycles. The van der Waals surface area contributed by atoms with Crippen LogP contribution in [0.15, 0.2) is 18.2 Å². The zero-order chi connectivity index (χ0) is 16.3. The van der Waals surface area contributed by atoms with E-state index in [9.17, 15) is 14.9 Å². The number of rotatable bonds is 6. The van der Waals surface area contributed by atoms with Gasteiger partial charge in [0.1, 0.15) is 6.79 Å². The quantitative estimate of drug-likeness (QED) is 0.640. The topological polar surface area (TPSA) is 98.9 Å². The molecule has 1 aromatic rings. The Hall–Kier alpha value is -1.99. The largest absolute Gasteiger partial charge is 0.478 e. The normalized spacial score (nSPS) is 18.4. The lowest BCUT2D eigenvalue weighted by molar-refractivity contribution is -0.385. The second-order valence-corrected chi connectivity index (χ2v) is 6.23. The summed E-state index contributed by atoms with van der Waals surface area (Å²) in [6.45, 7) is 4.74. The lowest BCUT2D eigenvalue weighted by Crippen LogP contribution is -2.24. The highest BCUT2D eigenvalue weighted by atomic mass is 16.7. The van der Waals surface area contributed by atoms with Crippen LogP contribution in [0.25, 0.3) is 0 Å². The minimum atomic E-state index is -1.10. The van der Waals surface area contributed by atoms with E-state index in [1.165, 1.54) is 18.2 Å². The minimum Gasteiger partial charge on any atom is -0.478 e. The van der Waals surface area contributed by atoms with Gasteiger partial charge < -0.3 is 14.6 Å². The van der Waals surface area contributed by atoms with Crippen LogP contribution in [-0.2, 0) is 15.9 Å². The average Bonchev–Trinajstić information content (AvgIpc) is 2.89. The van der Waals surface area contributed by atoms with Gasteiger partial charge in [0.25, 0.3) is 5.69 Å². The Kier molecular flexibility index (Phi) is 4.77. The van der Waals surface area contributed by atoms with Crippen molar-refractivity contribution in [3.63, 3.8) is 0 Å². The molecular weight excluding hydrogens is 290 g/mol. The van der Waals surface area contributed by atoms with E-state index in [1.807, 2.05) is 13.8 Å². The van der Waals surface area contributed by atoms with E-state index in [0.717, 1.165) is 0 Å². The van der Waals surface area contributed by atoms with Crippen LogP contribution in [0, 0.1) is 15.5 Å². The van der Waals surface area contributed by atoms with Crippen LogP contribution >= 0.6 is 0 Å². The number of benzene rings is 1. The predicted octanol–water partition coefficient (Wildman–Crippen LogP) is 2.62. The van der Waals surface area contributed by atoms with Crippen molar-refractivity contribution < 1.29 is 24.3 Å². The first-order valence-corrected chi connectivity index (χ1v) is 6.98. The number of hydrogen-bond acceptors (Lipinski definition) is 5. The number of hydrogen-bond donors (Lipinski definition) is 1. The zero-order valence-electron chi connectivity index (χ0n) is 12.6. The summed E-state index contributed by atoms with van der Waals surface area (Å²) in [4.78, 5) is 21.7. The van der Waals surface area contributed by atoms with Crippen molar-refractivity contribution in [1.29, 1.82) is 0 Å². The van der Waals surface area contributed by atoms with E-state index in [1.54, 1.807) is 0 Å². The third-order valence-corrected chi connectivity index (χ3v) is 3.66. The van der Waals surface area contributed by atoms with Gasteiger partial charge in [-0.05, 0) is 30.4 Å². The molecule has 22 heavy (non-hydrogen) atoms. The Morgan fingerprint density at radius 1 is 1.50 bits per heavy atom.